The van der Waals surface area contributed by atoms with Crippen molar-refractivity contribution in [1.82, 2.24) is 0 Å². The lowest BCUT2D eigenvalue weighted by Gasteiger charge is -2.26. The number of aliphatic hydroxyl groups is 1. The maximum Gasteiger partial charge on any atom is 0.300 e. The summed E-state index contributed by atoms with van der Waals surface area (Å²) in [5, 5.41) is 11.5. The van der Waals surface area contributed by atoms with Crippen LogP contribution in [0.1, 0.15) is 36.6 Å². The first kappa shape index (κ1) is 24.4. The molecule has 3 aromatic carbocycles. The van der Waals surface area contributed by atoms with Gasteiger partial charge in [-0.1, -0.05) is 12.1 Å². The number of anilines is 2. The van der Waals surface area contributed by atoms with E-state index in [1.807, 2.05) is 63.2 Å². The third-order valence-corrected chi connectivity index (χ3v) is 6.76. The number of aliphatic hydroxyl groups excluding tert-OH is 1. The van der Waals surface area contributed by atoms with Crippen LogP contribution in [-0.2, 0) is 16.0 Å². The molecule has 5 rings (SSSR count). The van der Waals surface area contributed by atoms with Gasteiger partial charge in [-0.3, -0.25) is 14.5 Å². The number of carbonyl (C=O) groups excluding carboxylic acids is 2. The zero-order valence-electron chi connectivity index (χ0n) is 21.4. The number of ether oxygens (including phenoxy) is 2. The minimum absolute atomic E-state index is 0.0489. The summed E-state index contributed by atoms with van der Waals surface area (Å²) in [5.41, 5.74) is 3.75. The number of rotatable bonds is 6. The molecule has 0 aromatic heterocycles. The third-order valence-electron chi connectivity index (χ3n) is 6.76. The van der Waals surface area contributed by atoms with Crippen molar-refractivity contribution in [3.8, 4) is 11.5 Å². The lowest BCUT2D eigenvalue weighted by molar-refractivity contribution is -0.132. The fourth-order valence-corrected chi connectivity index (χ4v) is 4.96. The van der Waals surface area contributed by atoms with E-state index < -0.39 is 17.7 Å². The van der Waals surface area contributed by atoms with Gasteiger partial charge in [0.25, 0.3) is 11.7 Å². The molecular formula is C30H30N2O5. The smallest absolute Gasteiger partial charge is 0.300 e. The highest BCUT2D eigenvalue weighted by molar-refractivity contribution is 6.51. The summed E-state index contributed by atoms with van der Waals surface area (Å²) < 4.78 is 11.3. The Kier molecular flexibility index (Phi) is 6.38. The maximum atomic E-state index is 13.5. The number of nitrogens with zero attached hydrogens (tertiary/aromatic N) is 2. The van der Waals surface area contributed by atoms with E-state index in [0.717, 1.165) is 22.6 Å². The van der Waals surface area contributed by atoms with E-state index in [1.54, 1.807) is 36.4 Å². The minimum atomic E-state index is -0.794. The van der Waals surface area contributed by atoms with Crippen LogP contribution in [0.3, 0.4) is 0 Å². The predicted octanol–water partition coefficient (Wildman–Crippen LogP) is 5.10. The van der Waals surface area contributed by atoms with Crippen molar-refractivity contribution in [2.45, 2.75) is 32.4 Å². The summed E-state index contributed by atoms with van der Waals surface area (Å²) in [5.74, 6) is -0.168. The van der Waals surface area contributed by atoms with Gasteiger partial charge in [-0.15, -0.1) is 0 Å². The van der Waals surface area contributed by atoms with Gasteiger partial charge < -0.3 is 19.5 Å². The Labute approximate surface area is 216 Å². The van der Waals surface area contributed by atoms with Crippen LogP contribution in [0, 0.1) is 0 Å². The highest BCUT2D eigenvalue weighted by Gasteiger charge is 2.47. The molecule has 3 aromatic rings. The molecule has 2 atom stereocenters. The van der Waals surface area contributed by atoms with Crippen LogP contribution in [0.4, 0.5) is 11.4 Å². The molecule has 0 aliphatic carbocycles. The van der Waals surface area contributed by atoms with Gasteiger partial charge in [0, 0.05) is 37.5 Å². The van der Waals surface area contributed by atoms with E-state index in [-0.39, 0.29) is 17.4 Å². The summed E-state index contributed by atoms with van der Waals surface area (Å²) in [4.78, 5) is 30.3. The molecule has 2 aliphatic heterocycles. The molecule has 1 amide bonds. The number of benzene rings is 3. The van der Waals surface area contributed by atoms with Crippen LogP contribution in [0.5, 0.6) is 11.5 Å². The molecule has 1 fully saturated rings. The Hall–Kier alpha value is -4.26. The van der Waals surface area contributed by atoms with Crippen molar-refractivity contribution < 1.29 is 24.2 Å². The number of amides is 1. The Balaban J connectivity index is 1.64. The zero-order valence-corrected chi connectivity index (χ0v) is 21.4. The van der Waals surface area contributed by atoms with E-state index in [4.69, 9.17) is 9.47 Å². The van der Waals surface area contributed by atoms with Crippen LogP contribution < -0.4 is 19.3 Å². The number of hydrogen-bond acceptors (Lipinski definition) is 6. The first-order valence-corrected chi connectivity index (χ1v) is 12.4. The number of fused-ring (bicyclic) bond motifs is 1. The molecule has 0 saturated carbocycles. The molecule has 1 saturated heterocycles. The van der Waals surface area contributed by atoms with Gasteiger partial charge in [0.1, 0.15) is 23.4 Å². The molecular weight excluding hydrogens is 468 g/mol. The van der Waals surface area contributed by atoms with Crippen LogP contribution >= 0.6 is 0 Å². The maximum absolute atomic E-state index is 13.5. The van der Waals surface area contributed by atoms with Gasteiger partial charge in [-0.2, -0.15) is 0 Å². The van der Waals surface area contributed by atoms with Crippen LogP contribution in [0.25, 0.3) is 5.76 Å². The Morgan fingerprint density at radius 3 is 2.41 bits per heavy atom. The second-order valence-electron chi connectivity index (χ2n) is 9.54. The van der Waals surface area contributed by atoms with E-state index in [1.165, 1.54) is 4.90 Å². The molecule has 1 N–H and O–H groups in total. The molecule has 2 aliphatic rings. The molecule has 190 valence electrons. The minimum Gasteiger partial charge on any atom is -0.507 e. The van der Waals surface area contributed by atoms with Gasteiger partial charge in [0.2, 0.25) is 0 Å². The SMILES string of the molecule is CCOc1ccc(N2C(=O)C(=O)/C(=C(\O)c3ccc4c(c3)CC(C)O4)C2c2ccc(N(C)C)cc2)cc1. The zero-order chi connectivity index (χ0) is 26.3. The van der Waals surface area contributed by atoms with Gasteiger partial charge >= 0.3 is 0 Å². The molecule has 37 heavy (non-hydrogen) atoms. The number of carbonyl (C=O) groups is 2. The molecule has 7 nitrogen and oxygen atoms in total. The van der Waals surface area contributed by atoms with Crippen LogP contribution in [0.2, 0.25) is 0 Å². The Morgan fingerprint density at radius 2 is 1.76 bits per heavy atom. The topological polar surface area (TPSA) is 79.3 Å². The summed E-state index contributed by atoms with van der Waals surface area (Å²) in [6, 6.07) is 19.3. The number of hydrogen-bond donors (Lipinski definition) is 1. The Bertz CT molecular complexity index is 1380. The van der Waals surface area contributed by atoms with Crippen molar-refractivity contribution in [1.29, 1.82) is 0 Å². The third kappa shape index (κ3) is 4.42. The summed E-state index contributed by atoms with van der Waals surface area (Å²) >= 11 is 0. The fourth-order valence-electron chi connectivity index (χ4n) is 4.96. The highest BCUT2D eigenvalue weighted by atomic mass is 16.5. The first-order chi connectivity index (χ1) is 17.8. The van der Waals surface area contributed by atoms with E-state index in [9.17, 15) is 14.7 Å². The monoisotopic (exact) mass is 498 g/mol. The summed E-state index contributed by atoms with van der Waals surface area (Å²) in [7, 11) is 3.89. The van der Waals surface area contributed by atoms with Crippen molar-refractivity contribution in [3.63, 3.8) is 0 Å². The molecule has 2 unspecified atom stereocenters. The van der Waals surface area contributed by atoms with Gasteiger partial charge in [0.05, 0.1) is 18.2 Å². The standard InChI is InChI=1S/C30H30N2O5/c1-5-36-24-13-11-23(12-14-24)32-27(19-6-9-22(10-7-19)31(3)4)26(29(34)30(32)35)28(33)20-8-15-25-21(17-20)16-18(2)37-25/h6-15,17-18,27,33H,5,16H2,1-4H3/b28-26-. The molecule has 0 radical (unpaired) electrons. The molecule has 7 heteroatoms. The molecule has 2 heterocycles. The average molecular weight is 499 g/mol. The van der Waals surface area contributed by atoms with E-state index in [0.29, 0.717) is 30.0 Å². The lowest BCUT2D eigenvalue weighted by atomic mass is 9.94. The lowest BCUT2D eigenvalue weighted by Crippen LogP contribution is -2.29. The molecule has 0 spiro atoms. The van der Waals surface area contributed by atoms with Crippen molar-refractivity contribution >= 4 is 28.8 Å². The summed E-state index contributed by atoms with van der Waals surface area (Å²) in [6.07, 6.45) is 0.764. The van der Waals surface area contributed by atoms with Crippen LogP contribution in [-0.4, -0.2) is 43.6 Å². The Morgan fingerprint density at radius 1 is 1.05 bits per heavy atom. The average Bonchev–Trinajstić information content (AvgIpc) is 3.39. The van der Waals surface area contributed by atoms with Gasteiger partial charge in [0.15, 0.2) is 0 Å². The second-order valence-corrected chi connectivity index (χ2v) is 9.54. The largest absolute Gasteiger partial charge is 0.507 e. The molecule has 0 bridgehead atoms. The first-order valence-electron chi connectivity index (χ1n) is 12.4. The van der Waals surface area contributed by atoms with Crippen LogP contribution in [0.15, 0.2) is 72.3 Å². The quantitative estimate of drug-likeness (QED) is 0.289. The normalized spacial score (nSPS) is 20.1. The van der Waals surface area contributed by atoms with Gasteiger partial charge in [-0.05, 0) is 79.6 Å². The second kappa shape index (κ2) is 9.65. The number of Topliss-reactive ketones (excluding diaryl/α,β-unsaturated/α-hetero) is 1. The summed E-state index contributed by atoms with van der Waals surface area (Å²) in [6.45, 7) is 4.40. The van der Waals surface area contributed by atoms with Gasteiger partial charge in [-0.25, -0.2) is 0 Å². The van der Waals surface area contributed by atoms with E-state index >= 15 is 0 Å². The highest BCUT2D eigenvalue weighted by Crippen LogP contribution is 2.43. The fraction of sp³-hybridized carbons (Fsp3) is 0.267. The van der Waals surface area contributed by atoms with Crippen molar-refractivity contribution in [2.75, 3.05) is 30.5 Å². The number of ketones is 1. The van der Waals surface area contributed by atoms with Crippen molar-refractivity contribution in [3.05, 3.63) is 89.0 Å². The predicted molar refractivity (Wildman–Crippen MR) is 143 cm³/mol. The van der Waals surface area contributed by atoms with Crippen molar-refractivity contribution in [2.24, 2.45) is 0 Å². The van der Waals surface area contributed by atoms with E-state index in [2.05, 4.69) is 0 Å².